The van der Waals surface area contributed by atoms with Gasteiger partial charge in [-0.25, -0.2) is 4.98 Å². The molecule has 3 heterocycles. The fourth-order valence-electron chi connectivity index (χ4n) is 4.03. The van der Waals surface area contributed by atoms with E-state index >= 15 is 0 Å². The van der Waals surface area contributed by atoms with Gasteiger partial charge >= 0.3 is 0 Å². The number of carbonyl (C=O) groups is 2. The molecular weight excluding hydrogens is 623 g/mol. The Balaban J connectivity index is 1.22. The van der Waals surface area contributed by atoms with E-state index in [4.69, 9.17) is 37.4 Å². The van der Waals surface area contributed by atoms with Crippen molar-refractivity contribution in [2.45, 2.75) is 13.5 Å². The van der Waals surface area contributed by atoms with Crippen molar-refractivity contribution in [1.82, 2.24) is 14.7 Å². The first kappa shape index (κ1) is 27.8. The number of likely N-dealkylation sites (N-methyl/N-ethyl adjacent to an activating group) is 1. The lowest BCUT2D eigenvalue weighted by atomic mass is 10.2. The van der Waals surface area contributed by atoms with Crippen molar-refractivity contribution in [3.05, 3.63) is 86.2 Å². The number of carbonyl (C=O) groups excluding carboxylic acids is 2. The van der Waals surface area contributed by atoms with Gasteiger partial charge in [0.2, 0.25) is 18.6 Å². The van der Waals surface area contributed by atoms with Gasteiger partial charge in [-0.15, -0.1) is 0 Å². The van der Waals surface area contributed by atoms with Crippen LogP contribution in [0.3, 0.4) is 0 Å². The van der Waals surface area contributed by atoms with Gasteiger partial charge in [0.25, 0.3) is 0 Å². The summed E-state index contributed by atoms with van der Waals surface area (Å²) in [6.45, 7) is 1.88. The third-order valence-corrected chi connectivity index (χ3v) is 7.96. The summed E-state index contributed by atoms with van der Waals surface area (Å²) in [5.41, 5.74) is 3.17. The minimum Gasteiger partial charge on any atom is -0.485 e. The number of rotatable bonds is 8. The number of amides is 2. The molecule has 0 bridgehead atoms. The number of anilines is 1. The lowest BCUT2D eigenvalue weighted by Gasteiger charge is -2.21. The summed E-state index contributed by atoms with van der Waals surface area (Å²) in [6.07, 6.45) is 4.84. The minimum absolute atomic E-state index is 0.0537. The molecule has 0 saturated carbocycles. The number of aryl methyl sites for hydroxylation is 1. The number of aromatic nitrogens is 2. The maximum absolute atomic E-state index is 12.9. The molecule has 0 saturated heterocycles. The molecule has 0 aliphatic carbocycles. The molecule has 2 aromatic heterocycles. The van der Waals surface area contributed by atoms with E-state index in [2.05, 4.69) is 26.2 Å². The molecule has 206 valence electrons. The number of benzene rings is 2. The maximum atomic E-state index is 12.9. The summed E-state index contributed by atoms with van der Waals surface area (Å²) in [4.78, 5) is 31.1. The number of pyridine rings is 1. The summed E-state index contributed by atoms with van der Waals surface area (Å²) in [6, 6.07) is 12.3. The van der Waals surface area contributed by atoms with Crippen LogP contribution in [0, 0.1) is 6.92 Å². The van der Waals surface area contributed by atoms with Crippen LogP contribution >= 0.6 is 39.1 Å². The average molecular weight is 646 g/mol. The van der Waals surface area contributed by atoms with Crippen molar-refractivity contribution < 1.29 is 23.8 Å². The van der Waals surface area contributed by atoms with E-state index in [0.29, 0.717) is 39.2 Å². The van der Waals surface area contributed by atoms with E-state index in [1.54, 1.807) is 49.5 Å². The van der Waals surface area contributed by atoms with Crippen LogP contribution in [0.2, 0.25) is 10.0 Å². The second-order valence-electron chi connectivity index (χ2n) is 8.82. The Hall–Kier alpha value is -3.73. The molecule has 0 unspecified atom stereocenters. The summed E-state index contributed by atoms with van der Waals surface area (Å²) < 4.78 is 19.4. The monoisotopic (exact) mass is 644 g/mol. The van der Waals surface area contributed by atoms with Gasteiger partial charge in [0, 0.05) is 29.9 Å². The van der Waals surface area contributed by atoms with Gasteiger partial charge in [-0.1, -0.05) is 29.3 Å². The van der Waals surface area contributed by atoms with Crippen molar-refractivity contribution in [3.63, 3.8) is 0 Å². The van der Waals surface area contributed by atoms with Crippen LogP contribution in [0.4, 0.5) is 5.69 Å². The zero-order chi connectivity index (χ0) is 28.4. The molecule has 1 aliphatic heterocycles. The molecule has 12 heteroatoms. The highest BCUT2D eigenvalue weighted by Crippen LogP contribution is 2.35. The maximum Gasteiger partial charge on any atom is 0.246 e. The molecule has 40 heavy (non-hydrogen) atoms. The molecule has 4 aromatic rings. The third-order valence-electron chi connectivity index (χ3n) is 6.23. The predicted octanol–water partition coefficient (Wildman–Crippen LogP) is 5.81. The van der Waals surface area contributed by atoms with E-state index in [0.717, 1.165) is 15.9 Å². The van der Waals surface area contributed by atoms with Crippen molar-refractivity contribution in [2.24, 2.45) is 0 Å². The van der Waals surface area contributed by atoms with E-state index in [1.165, 1.54) is 11.0 Å². The lowest BCUT2D eigenvalue weighted by Crippen LogP contribution is -2.37. The summed E-state index contributed by atoms with van der Waals surface area (Å²) in [5.74, 6) is 1.03. The summed E-state index contributed by atoms with van der Waals surface area (Å²) in [5, 5.41) is 3.25. The molecule has 2 amide bonds. The van der Waals surface area contributed by atoms with Crippen LogP contribution in [-0.4, -0.2) is 41.6 Å². The minimum atomic E-state index is -0.425. The Morgan fingerprint density at radius 1 is 1.20 bits per heavy atom. The Labute approximate surface area is 248 Å². The average Bonchev–Trinajstić information content (AvgIpc) is 3.54. The van der Waals surface area contributed by atoms with Crippen LogP contribution < -0.4 is 24.4 Å². The highest BCUT2D eigenvalue weighted by atomic mass is 79.9. The van der Waals surface area contributed by atoms with E-state index in [-0.39, 0.29) is 30.9 Å². The third kappa shape index (κ3) is 5.74. The number of nitrogens with zero attached hydrogens (tertiary/aromatic N) is 3. The second-order valence-corrected chi connectivity index (χ2v) is 10.4. The molecule has 9 nitrogen and oxygen atoms in total. The van der Waals surface area contributed by atoms with Crippen molar-refractivity contribution in [2.75, 3.05) is 25.3 Å². The van der Waals surface area contributed by atoms with Gasteiger partial charge in [-0.05, 0) is 70.9 Å². The molecule has 1 aliphatic rings. The van der Waals surface area contributed by atoms with Crippen LogP contribution in [0.15, 0.2) is 59.3 Å². The van der Waals surface area contributed by atoms with Gasteiger partial charge < -0.3 is 24.4 Å². The Kier molecular flexibility index (Phi) is 8.20. The van der Waals surface area contributed by atoms with Gasteiger partial charge in [0.05, 0.1) is 22.9 Å². The number of hydrogen-bond acceptors (Lipinski definition) is 6. The highest BCUT2D eigenvalue weighted by molar-refractivity contribution is 9.10. The van der Waals surface area contributed by atoms with Crippen LogP contribution in [-0.2, 0) is 16.2 Å². The first-order valence-corrected chi connectivity index (χ1v) is 13.6. The molecule has 0 radical (unpaired) electrons. The SMILES string of the molecule is Cc1nc2c(OCc3c(Cl)ccc(N(C)C(=O)CNC(=O)C=Cc4ccc5c(c4)OCO5)c3Cl)cccn2c1Br. The number of halogens is 3. The predicted molar refractivity (Wildman–Crippen MR) is 156 cm³/mol. The number of ether oxygens (including phenoxy) is 3. The zero-order valence-corrected chi connectivity index (χ0v) is 24.5. The molecule has 1 N–H and O–H groups in total. The number of imidazole rings is 1. The summed E-state index contributed by atoms with van der Waals surface area (Å²) >= 11 is 16.6. The molecule has 0 spiro atoms. The van der Waals surface area contributed by atoms with Crippen LogP contribution in [0.5, 0.6) is 17.2 Å². The van der Waals surface area contributed by atoms with Crippen LogP contribution in [0.25, 0.3) is 11.7 Å². The fourth-order valence-corrected chi connectivity index (χ4v) is 5.01. The molecule has 0 fully saturated rings. The van der Waals surface area contributed by atoms with E-state index in [9.17, 15) is 9.59 Å². The molecule has 5 rings (SSSR count). The smallest absolute Gasteiger partial charge is 0.246 e. The zero-order valence-electron chi connectivity index (χ0n) is 21.4. The summed E-state index contributed by atoms with van der Waals surface area (Å²) in [7, 11) is 1.57. The van der Waals surface area contributed by atoms with E-state index < -0.39 is 5.91 Å². The Bertz CT molecular complexity index is 1660. The largest absolute Gasteiger partial charge is 0.485 e. The number of fused-ring (bicyclic) bond motifs is 2. The fraction of sp³-hybridized carbons (Fsp3) is 0.179. The normalized spacial score (nSPS) is 12.2. The molecule has 2 aromatic carbocycles. The van der Waals surface area contributed by atoms with Gasteiger partial charge in [-0.3, -0.25) is 14.0 Å². The van der Waals surface area contributed by atoms with Crippen LogP contribution in [0.1, 0.15) is 16.8 Å². The van der Waals surface area contributed by atoms with Gasteiger partial charge in [0.15, 0.2) is 22.9 Å². The van der Waals surface area contributed by atoms with Crippen molar-refractivity contribution in [3.8, 4) is 17.2 Å². The van der Waals surface area contributed by atoms with Gasteiger partial charge in [-0.2, -0.15) is 0 Å². The molecular formula is C28H23BrCl2N4O5. The lowest BCUT2D eigenvalue weighted by molar-refractivity contribution is -0.122. The second kappa shape index (κ2) is 11.8. The standard InChI is InChI=1S/C28H23BrCl2N4O5/c1-16-27(29)35-11-3-4-22(28(35)33-16)38-14-18-19(30)7-8-20(26(18)31)34(2)25(37)13-32-24(36)10-6-17-5-9-21-23(12-17)40-15-39-21/h3-12H,13-15H2,1-2H3,(H,32,36). The highest BCUT2D eigenvalue weighted by Gasteiger charge is 2.20. The van der Waals surface area contributed by atoms with Crippen molar-refractivity contribution in [1.29, 1.82) is 0 Å². The first-order chi connectivity index (χ1) is 19.2. The quantitative estimate of drug-likeness (QED) is 0.243. The molecule has 0 atom stereocenters. The Morgan fingerprint density at radius 2 is 2.00 bits per heavy atom. The Morgan fingerprint density at radius 3 is 2.83 bits per heavy atom. The topological polar surface area (TPSA) is 94.4 Å². The van der Waals surface area contributed by atoms with Crippen molar-refractivity contribution >= 4 is 68.4 Å². The number of hydrogen-bond donors (Lipinski definition) is 1. The van der Waals surface area contributed by atoms with E-state index in [1.807, 2.05) is 23.6 Å². The first-order valence-electron chi connectivity index (χ1n) is 12.1. The van der Waals surface area contributed by atoms with Gasteiger partial charge in [0.1, 0.15) is 11.2 Å². The number of nitrogens with one attached hydrogen (secondary N) is 1.